The second kappa shape index (κ2) is 6.06. The zero-order valence-electron chi connectivity index (χ0n) is 11.3. The van der Waals surface area contributed by atoms with E-state index < -0.39 is 0 Å². The van der Waals surface area contributed by atoms with Crippen molar-refractivity contribution in [3.63, 3.8) is 0 Å². The molecule has 0 saturated heterocycles. The molecular weight excluding hydrogens is 262 g/mol. The summed E-state index contributed by atoms with van der Waals surface area (Å²) in [5.74, 6) is 0.752. The fourth-order valence-corrected chi connectivity index (χ4v) is 2.86. The molecule has 102 valence electrons. The highest BCUT2D eigenvalue weighted by Crippen LogP contribution is 2.24. The number of aromatic hydroxyl groups is 1. The lowest BCUT2D eigenvalue weighted by atomic mass is 10.0. The first-order chi connectivity index (χ1) is 9.10. The molecule has 2 rings (SSSR count). The number of rotatable bonds is 4. The van der Waals surface area contributed by atoms with E-state index in [0.29, 0.717) is 11.8 Å². The third-order valence-electron chi connectivity index (χ3n) is 2.82. The number of nitrogens with zero attached hydrogens (tertiary/aromatic N) is 3. The molecule has 1 aromatic rings. The average Bonchev–Trinajstić information content (AvgIpc) is 2.36. The molecular formula is C13H17N3O2S. The predicted molar refractivity (Wildman–Crippen MR) is 75.5 cm³/mol. The first-order valence-corrected chi connectivity index (χ1v) is 7.14. The van der Waals surface area contributed by atoms with Crippen molar-refractivity contribution in [1.29, 1.82) is 0 Å². The van der Waals surface area contributed by atoms with Gasteiger partial charge in [-0.3, -0.25) is 0 Å². The molecule has 0 radical (unpaired) electrons. The third kappa shape index (κ3) is 3.47. The Bertz CT molecular complexity index is 520. The Morgan fingerprint density at radius 3 is 2.84 bits per heavy atom. The summed E-state index contributed by atoms with van der Waals surface area (Å²) in [5.41, 5.74) is 4.13. The van der Waals surface area contributed by atoms with E-state index in [1.807, 2.05) is 6.92 Å². The van der Waals surface area contributed by atoms with E-state index in [0.717, 1.165) is 23.6 Å². The van der Waals surface area contributed by atoms with Gasteiger partial charge in [0.1, 0.15) is 6.61 Å². The molecule has 2 heterocycles. The Morgan fingerprint density at radius 1 is 1.37 bits per heavy atom. The molecule has 0 saturated carbocycles. The molecule has 0 bridgehead atoms. The van der Waals surface area contributed by atoms with Gasteiger partial charge >= 0.3 is 0 Å². The number of aryl methyl sites for hydroxylation is 1. The van der Waals surface area contributed by atoms with Crippen LogP contribution in [0, 0.1) is 6.92 Å². The van der Waals surface area contributed by atoms with Crippen LogP contribution in [0.4, 0.5) is 0 Å². The van der Waals surface area contributed by atoms with Crippen LogP contribution in [-0.2, 0) is 4.84 Å². The van der Waals surface area contributed by atoms with E-state index in [1.54, 1.807) is 6.07 Å². The normalized spacial score (nSPS) is 15.2. The van der Waals surface area contributed by atoms with Crippen molar-refractivity contribution in [2.24, 2.45) is 5.16 Å². The average molecular weight is 279 g/mol. The predicted octanol–water partition coefficient (Wildman–Crippen LogP) is 2.70. The molecule has 0 fully saturated rings. The summed E-state index contributed by atoms with van der Waals surface area (Å²) >= 11 is 1.50. The minimum absolute atomic E-state index is 0.0112. The number of oxime groups is 1. The van der Waals surface area contributed by atoms with Gasteiger partial charge in [-0.05, 0) is 31.4 Å². The van der Waals surface area contributed by atoms with Gasteiger partial charge in [-0.25, -0.2) is 4.98 Å². The Balaban J connectivity index is 2.11. The minimum Gasteiger partial charge on any atom is -0.493 e. The Morgan fingerprint density at radius 2 is 2.16 bits per heavy atom. The fraction of sp³-hybridized carbons (Fsp3) is 0.462. The fourth-order valence-electron chi connectivity index (χ4n) is 1.81. The maximum atomic E-state index is 9.46. The van der Waals surface area contributed by atoms with E-state index in [-0.39, 0.29) is 5.88 Å². The topological polar surface area (TPSA) is 67.6 Å². The summed E-state index contributed by atoms with van der Waals surface area (Å²) in [6.45, 7) is 6.48. The molecule has 1 aliphatic heterocycles. The van der Waals surface area contributed by atoms with Crippen LogP contribution in [0.15, 0.2) is 27.5 Å². The highest BCUT2D eigenvalue weighted by Gasteiger charge is 2.16. The molecule has 5 nitrogen and oxygen atoms in total. The molecule has 1 N–H and O–H groups in total. The number of thioether (sulfide) groups is 1. The van der Waals surface area contributed by atoms with Crippen LogP contribution in [0.5, 0.6) is 5.88 Å². The van der Waals surface area contributed by atoms with Crippen molar-refractivity contribution in [1.82, 2.24) is 9.97 Å². The van der Waals surface area contributed by atoms with Crippen molar-refractivity contribution in [3.8, 4) is 5.88 Å². The smallest absolute Gasteiger partial charge is 0.215 e. The number of aromatic nitrogens is 2. The maximum absolute atomic E-state index is 9.46. The van der Waals surface area contributed by atoms with Gasteiger partial charge in [0.05, 0.1) is 5.71 Å². The second-order valence-corrected chi connectivity index (χ2v) is 5.31. The quantitative estimate of drug-likeness (QED) is 0.678. The van der Waals surface area contributed by atoms with E-state index in [1.165, 1.54) is 22.9 Å². The molecule has 6 heteroatoms. The molecule has 0 atom stereocenters. The molecule has 0 unspecified atom stereocenters. The molecule has 19 heavy (non-hydrogen) atoms. The van der Waals surface area contributed by atoms with Gasteiger partial charge in [0.2, 0.25) is 5.88 Å². The summed E-state index contributed by atoms with van der Waals surface area (Å²) in [6.07, 6.45) is 0.840. The Labute approximate surface area is 116 Å². The van der Waals surface area contributed by atoms with Gasteiger partial charge in [-0.15, -0.1) is 0 Å². The van der Waals surface area contributed by atoms with E-state index in [4.69, 9.17) is 4.84 Å². The largest absolute Gasteiger partial charge is 0.493 e. The van der Waals surface area contributed by atoms with Crippen LogP contribution < -0.4 is 0 Å². The SMILES string of the molecule is CCC1=NOCC(C)=C1CSc1nc(C)cc(O)n1. The standard InChI is InChI=1S/C13H17N3O2S/c1-4-11-10(8(2)6-18-16-11)7-19-13-14-9(3)5-12(17)15-13/h5H,4,6-7H2,1-3H3,(H,14,15,17). The van der Waals surface area contributed by atoms with Crippen LogP contribution in [0.2, 0.25) is 0 Å². The summed E-state index contributed by atoms with van der Waals surface area (Å²) < 4.78 is 0. The summed E-state index contributed by atoms with van der Waals surface area (Å²) in [4.78, 5) is 13.5. The molecule has 1 aliphatic rings. The molecule has 0 aliphatic carbocycles. The van der Waals surface area contributed by atoms with E-state index in [2.05, 4.69) is 29.0 Å². The van der Waals surface area contributed by atoms with Gasteiger partial charge < -0.3 is 9.94 Å². The Hall–Kier alpha value is -1.56. The van der Waals surface area contributed by atoms with Crippen molar-refractivity contribution < 1.29 is 9.94 Å². The van der Waals surface area contributed by atoms with Crippen LogP contribution in [0.1, 0.15) is 26.0 Å². The van der Waals surface area contributed by atoms with Crippen molar-refractivity contribution in [3.05, 3.63) is 22.9 Å². The van der Waals surface area contributed by atoms with Crippen LogP contribution in [-0.4, -0.2) is 33.1 Å². The lowest BCUT2D eigenvalue weighted by molar-refractivity contribution is 0.162. The van der Waals surface area contributed by atoms with Crippen molar-refractivity contribution in [2.45, 2.75) is 32.3 Å². The van der Waals surface area contributed by atoms with Crippen LogP contribution >= 0.6 is 11.8 Å². The lowest BCUT2D eigenvalue weighted by Gasteiger charge is -2.17. The van der Waals surface area contributed by atoms with E-state index >= 15 is 0 Å². The van der Waals surface area contributed by atoms with Gasteiger partial charge in [0.25, 0.3) is 0 Å². The summed E-state index contributed by atoms with van der Waals surface area (Å²) in [6, 6.07) is 1.54. The number of hydrogen-bond acceptors (Lipinski definition) is 6. The summed E-state index contributed by atoms with van der Waals surface area (Å²) in [7, 11) is 0. The van der Waals surface area contributed by atoms with Crippen LogP contribution in [0.25, 0.3) is 0 Å². The van der Waals surface area contributed by atoms with Gasteiger partial charge in [0.15, 0.2) is 5.16 Å². The van der Waals surface area contributed by atoms with Gasteiger partial charge in [-0.1, -0.05) is 23.8 Å². The highest BCUT2D eigenvalue weighted by molar-refractivity contribution is 7.99. The van der Waals surface area contributed by atoms with E-state index in [9.17, 15) is 5.11 Å². The van der Waals surface area contributed by atoms with Crippen molar-refractivity contribution >= 4 is 17.5 Å². The molecule has 0 amide bonds. The molecule has 0 spiro atoms. The third-order valence-corrected chi connectivity index (χ3v) is 3.69. The second-order valence-electron chi connectivity index (χ2n) is 4.36. The number of hydrogen-bond donors (Lipinski definition) is 1. The van der Waals surface area contributed by atoms with Gasteiger partial charge in [0, 0.05) is 17.5 Å². The summed E-state index contributed by atoms with van der Waals surface area (Å²) in [5, 5.41) is 14.1. The molecule has 0 aromatic carbocycles. The monoisotopic (exact) mass is 279 g/mol. The zero-order valence-corrected chi connectivity index (χ0v) is 12.1. The molecule has 1 aromatic heterocycles. The zero-order chi connectivity index (χ0) is 13.8. The first-order valence-electron chi connectivity index (χ1n) is 6.15. The van der Waals surface area contributed by atoms with Gasteiger partial charge in [-0.2, -0.15) is 4.98 Å². The lowest BCUT2D eigenvalue weighted by Crippen LogP contribution is -2.14. The first kappa shape index (κ1) is 13.9. The highest BCUT2D eigenvalue weighted by atomic mass is 32.2. The Kier molecular flexibility index (Phi) is 4.42. The minimum atomic E-state index is 0.0112. The van der Waals surface area contributed by atoms with Crippen molar-refractivity contribution in [2.75, 3.05) is 12.4 Å². The van der Waals surface area contributed by atoms with Crippen LogP contribution in [0.3, 0.4) is 0 Å². The maximum Gasteiger partial charge on any atom is 0.215 e.